The molecule has 1 N–H and O–H groups in total. The van der Waals surface area contributed by atoms with E-state index >= 15 is 0 Å². The second kappa shape index (κ2) is 5.00. The van der Waals surface area contributed by atoms with Crippen molar-refractivity contribution in [2.45, 2.75) is 33.7 Å². The first-order chi connectivity index (χ1) is 8.25. The van der Waals surface area contributed by atoms with E-state index in [0.29, 0.717) is 5.82 Å². The topological polar surface area (TPSA) is 91.8 Å². The minimum Gasteiger partial charge on any atom is -0.366 e. The van der Waals surface area contributed by atoms with Crippen LogP contribution in [-0.4, -0.2) is 15.9 Å². The molecule has 96 valence electrons. The van der Waals surface area contributed by atoms with Crippen LogP contribution in [0.25, 0.3) is 0 Å². The third-order valence-electron chi connectivity index (χ3n) is 2.86. The maximum absolute atomic E-state index is 10.6. The quantitative estimate of drug-likeness (QED) is 0.655. The molecule has 1 rings (SSSR count). The molecular weight excluding hydrogens is 232 g/mol. The summed E-state index contributed by atoms with van der Waals surface area (Å²) in [4.78, 5) is 14.0. The summed E-state index contributed by atoms with van der Waals surface area (Å²) < 4.78 is 0. The molecule has 1 aromatic rings. The van der Waals surface area contributed by atoms with E-state index in [2.05, 4.69) is 31.1 Å². The molecule has 1 heterocycles. The average molecular weight is 248 g/mol. The highest BCUT2D eigenvalue weighted by atomic mass is 16.6. The highest BCUT2D eigenvalue weighted by Gasteiger charge is 2.22. The third kappa shape index (κ3) is 3.17. The lowest BCUT2D eigenvalue weighted by molar-refractivity contribution is -0.385. The van der Waals surface area contributed by atoms with Gasteiger partial charge in [-0.3, -0.25) is 10.1 Å². The molecule has 0 bridgehead atoms. The molecule has 0 aliphatic rings. The van der Waals surface area contributed by atoms with Crippen molar-refractivity contribution in [1.82, 2.24) is 4.98 Å². The summed E-state index contributed by atoms with van der Waals surface area (Å²) in [5.74, 6) is 0.380. The number of aromatic nitrogens is 1. The molecule has 0 radical (unpaired) electrons. The Labute approximate surface area is 106 Å². The second-order valence-electron chi connectivity index (χ2n) is 5.19. The zero-order valence-corrected chi connectivity index (χ0v) is 10.9. The van der Waals surface area contributed by atoms with Gasteiger partial charge in [0.15, 0.2) is 0 Å². The molecule has 0 saturated carbocycles. The number of nitriles is 1. The van der Waals surface area contributed by atoms with Gasteiger partial charge in [0.1, 0.15) is 23.6 Å². The van der Waals surface area contributed by atoms with Crippen LogP contribution >= 0.6 is 0 Å². The lowest BCUT2D eigenvalue weighted by Gasteiger charge is -2.28. The Hall–Kier alpha value is -2.16. The molecule has 0 aliphatic carbocycles. The van der Waals surface area contributed by atoms with Crippen molar-refractivity contribution in [2.75, 3.05) is 5.32 Å². The monoisotopic (exact) mass is 248 g/mol. The fourth-order valence-electron chi connectivity index (χ4n) is 1.18. The predicted molar refractivity (Wildman–Crippen MR) is 68.1 cm³/mol. The molecule has 1 aromatic heterocycles. The Kier molecular flexibility index (Phi) is 3.86. The summed E-state index contributed by atoms with van der Waals surface area (Å²) in [6.45, 7) is 8.15. The summed E-state index contributed by atoms with van der Waals surface area (Å²) >= 11 is 0. The minimum atomic E-state index is -0.565. The average Bonchev–Trinajstić information content (AvgIpc) is 2.27. The van der Waals surface area contributed by atoms with Crippen molar-refractivity contribution in [3.63, 3.8) is 0 Å². The van der Waals surface area contributed by atoms with Crippen LogP contribution in [0.1, 0.15) is 33.3 Å². The Morgan fingerprint density at radius 2 is 2.17 bits per heavy atom. The third-order valence-corrected chi connectivity index (χ3v) is 2.86. The van der Waals surface area contributed by atoms with Crippen LogP contribution in [0.2, 0.25) is 0 Å². The molecule has 1 unspecified atom stereocenters. The fourth-order valence-corrected chi connectivity index (χ4v) is 1.18. The first-order valence-electron chi connectivity index (χ1n) is 5.56. The summed E-state index contributed by atoms with van der Waals surface area (Å²) in [5.41, 5.74) is -0.00304. The van der Waals surface area contributed by atoms with Crippen molar-refractivity contribution in [3.05, 3.63) is 27.9 Å². The molecule has 0 saturated heterocycles. The Morgan fingerprint density at radius 3 is 2.61 bits per heavy atom. The number of nitrogens with zero attached hydrogens (tertiary/aromatic N) is 3. The Morgan fingerprint density at radius 1 is 1.56 bits per heavy atom. The predicted octanol–water partition coefficient (Wildman–Crippen LogP) is 2.71. The van der Waals surface area contributed by atoms with E-state index in [0.717, 1.165) is 6.20 Å². The van der Waals surface area contributed by atoms with Gasteiger partial charge in [-0.25, -0.2) is 4.98 Å². The van der Waals surface area contributed by atoms with Crippen molar-refractivity contribution >= 4 is 11.5 Å². The van der Waals surface area contributed by atoms with Crippen molar-refractivity contribution < 1.29 is 4.92 Å². The first kappa shape index (κ1) is 13.9. The van der Waals surface area contributed by atoms with E-state index < -0.39 is 4.92 Å². The fraction of sp³-hybridized carbons (Fsp3) is 0.500. The molecule has 0 fully saturated rings. The van der Waals surface area contributed by atoms with Crippen LogP contribution < -0.4 is 5.32 Å². The van der Waals surface area contributed by atoms with E-state index in [1.54, 1.807) is 0 Å². The molecule has 1 atom stereocenters. The number of hydrogen-bond acceptors (Lipinski definition) is 5. The Balaban J connectivity index is 3.05. The van der Waals surface area contributed by atoms with E-state index in [9.17, 15) is 10.1 Å². The molecular formula is C12H16N4O2. The Bertz CT molecular complexity index is 500. The van der Waals surface area contributed by atoms with Gasteiger partial charge < -0.3 is 5.32 Å². The summed E-state index contributed by atoms with van der Waals surface area (Å²) in [5, 5.41) is 22.7. The minimum absolute atomic E-state index is 0.00379. The van der Waals surface area contributed by atoms with Gasteiger partial charge in [0.25, 0.3) is 5.69 Å². The van der Waals surface area contributed by atoms with Gasteiger partial charge in [0.2, 0.25) is 0 Å². The van der Waals surface area contributed by atoms with Crippen molar-refractivity contribution in [1.29, 1.82) is 5.26 Å². The summed E-state index contributed by atoms with van der Waals surface area (Å²) in [6, 6.07) is 3.23. The first-order valence-corrected chi connectivity index (χ1v) is 5.56. The highest BCUT2D eigenvalue weighted by Crippen LogP contribution is 2.24. The van der Waals surface area contributed by atoms with Crippen molar-refractivity contribution in [2.24, 2.45) is 5.41 Å². The molecule has 6 heteroatoms. The summed E-state index contributed by atoms with van der Waals surface area (Å²) in [7, 11) is 0. The van der Waals surface area contributed by atoms with E-state index in [1.165, 1.54) is 6.07 Å². The second-order valence-corrected chi connectivity index (χ2v) is 5.19. The largest absolute Gasteiger partial charge is 0.366 e. The van der Waals surface area contributed by atoms with Crippen molar-refractivity contribution in [3.8, 4) is 6.07 Å². The standard InChI is InChI=1S/C12H16N4O2/c1-8(12(2,3)4)15-11-9(6-13)5-10(7-14-11)16(17)18/h5,7-8H,1-4H3,(H,14,15). The van der Waals surface area contributed by atoms with E-state index in [-0.39, 0.29) is 22.7 Å². The molecule has 0 aromatic carbocycles. The summed E-state index contributed by atoms with van der Waals surface area (Å²) in [6.07, 6.45) is 1.15. The van der Waals surface area contributed by atoms with Crippen LogP contribution in [0.15, 0.2) is 12.3 Å². The zero-order chi connectivity index (χ0) is 13.9. The van der Waals surface area contributed by atoms with Crippen LogP contribution in [0.4, 0.5) is 11.5 Å². The van der Waals surface area contributed by atoms with Gasteiger partial charge in [-0.15, -0.1) is 0 Å². The molecule has 0 amide bonds. The number of nitro groups is 1. The number of nitrogens with one attached hydrogen (secondary N) is 1. The van der Waals surface area contributed by atoms with Gasteiger partial charge in [-0.05, 0) is 12.3 Å². The van der Waals surface area contributed by atoms with Crippen LogP contribution in [-0.2, 0) is 0 Å². The zero-order valence-electron chi connectivity index (χ0n) is 10.9. The lowest BCUT2D eigenvalue weighted by atomic mass is 9.88. The maximum atomic E-state index is 10.6. The number of pyridine rings is 1. The van der Waals surface area contributed by atoms with Gasteiger partial charge in [-0.1, -0.05) is 20.8 Å². The molecule has 0 aliphatic heterocycles. The smallest absolute Gasteiger partial charge is 0.289 e. The number of rotatable bonds is 3. The van der Waals surface area contributed by atoms with Crippen LogP contribution in [0, 0.1) is 26.9 Å². The SMILES string of the molecule is CC(Nc1ncc([N+](=O)[O-])cc1C#N)C(C)(C)C. The van der Waals surface area contributed by atoms with E-state index in [1.807, 2.05) is 13.0 Å². The molecule has 0 spiro atoms. The number of anilines is 1. The molecule has 18 heavy (non-hydrogen) atoms. The normalized spacial score (nSPS) is 12.6. The maximum Gasteiger partial charge on any atom is 0.289 e. The van der Waals surface area contributed by atoms with Crippen LogP contribution in [0.5, 0.6) is 0 Å². The molecule has 6 nitrogen and oxygen atoms in total. The van der Waals surface area contributed by atoms with Crippen LogP contribution in [0.3, 0.4) is 0 Å². The van der Waals surface area contributed by atoms with Gasteiger partial charge >= 0.3 is 0 Å². The van der Waals surface area contributed by atoms with Gasteiger partial charge in [0.05, 0.1) is 4.92 Å². The highest BCUT2D eigenvalue weighted by molar-refractivity contribution is 5.56. The van der Waals surface area contributed by atoms with Gasteiger partial charge in [0, 0.05) is 12.1 Å². The van der Waals surface area contributed by atoms with E-state index in [4.69, 9.17) is 5.26 Å². The van der Waals surface area contributed by atoms with Gasteiger partial charge in [-0.2, -0.15) is 5.26 Å². The lowest BCUT2D eigenvalue weighted by Crippen LogP contribution is -2.31. The number of hydrogen-bond donors (Lipinski definition) is 1.